The Bertz CT molecular complexity index is 824. The van der Waals surface area contributed by atoms with E-state index in [0.717, 1.165) is 51.6 Å². The van der Waals surface area contributed by atoms with Crippen molar-refractivity contribution in [1.82, 2.24) is 9.80 Å². The maximum Gasteiger partial charge on any atom is 0.200 e. The second-order valence-electron chi connectivity index (χ2n) is 7.20. The molecule has 7 heteroatoms. The molecule has 3 heterocycles. The number of morpholine rings is 1. The van der Waals surface area contributed by atoms with E-state index >= 15 is 0 Å². The van der Waals surface area contributed by atoms with Crippen LogP contribution in [0.1, 0.15) is 0 Å². The minimum absolute atomic E-state index is 0.0262. The molecule has 4 rings (SSSR count). The normalized spacial score (nSPS) is 19.5. The first-order chi connectivity index (χ1) is 13.2. The topological polar surface area (TPSA) is 58.4 Å². The van der Waals surface area contributed by atoms with Gasteiger partial charge in [0.2, 0.25) is 0 Å². The number of piperazine rings is 1. The molecule has 7 nitrogen and oxygen atoms in total. The summed E-state index contributed by atoms with van der Waals surface area (Å²) in [6.07, 6.45) is 0. The van der Waals surface area contributed by atoms with Crippen LogP contribution < -0.4 is 15.1 Å². The first-order valence-electron chi connectivity index (χ1n) is 9.63. The quantitative estimate of drug-likeness (QED) is 0.782. The lowest BCUT2D eigenvalue weighted by atomic mass is 10.2. The zero-order valence-corrected chi connectivity index (χ0v) is 15.9. The van der Waals surface area contributed by atoms with E-state index in [0.29, 0.717) is 36.7 Å². The van der Waals surface area contributed by atoms with Gasteiger partial charge in [0.25, 0.3) is 0 Å². The van der Waals surface area contributed by atoms with Crippen LogP contribution in [0, 0.1) is 0 Å². The fraction of sp³-hybridized carbons (Fsp3) is 0.550. The second-order valence-corrected chi connectivity index (χ2v) is 7.20. The van der Waals surface area contributed by atoms with E-state index in [2.05, 4.69) is 16.8 Å². The van der Waals surface area contributed by atoms with Crippen molar-refractivity contribution < 1.29 is 13.9 Å². The molecule has 1 aromatic heterocycles. The van der Waals surface area contributed by atoms with E-state index in [-0.39, 0.29) is 5.43 Å². The Balaban J connectivity index is 1.43. The predicted molar refractivity (Wildman–Crippen MR) is 105 cm³/mol. The first-order valence-corrected chi connectivity index (χ1v) is 9.63. The monoisotopic (exact) mass is 373 g/mol. The summed E-state index contributed by atoms with van der Waals surface area (Å²) in [4.78, 5) is 19.2. The van der Waals surface area contributed by atoms with E-state index in [4.69, 9.17) is 13.9 Å². The summed E-state index contributed by atoms with van der Waals surface area (Å²) in [6.45, 7) is 8.66. The van der Waals surface area contributed by atoms with Crippen molar-refractivity contribution in [3.05, 3.63) is 34.5 Å². The molecule has 0 spiro atoms. The van der Waals surface area contributed by atoms with Gasteiger partial charge in [-0.3, -0.25) is 9.69 Å². The molecule has 1 aromatic carbocycles. The summed E-state index contributed by atoms with van der Waals surface area (Å²) in [6, 6.07) is 7.03. The number of ether oxygens (including phenoxy) is 2. The van der Waals surface area contributed by atoms with Crippen molar-refractivity contribution in [3.8, 4) is 5.75 Å². The molecular formula is C20H27N3O4. The van der Waals surface area contributed by atoms with Crippen LogP contribution in [-0.4, -0.2) is 82.5 Å². The van der Waals surface area contributed by atoms with Crippen LogP contribution in [0.3, 0.4) is 0 Å². The highest BCUT2D eigenvalue weighted by Crippen LogP contribution is 2.24. The lowest BCUT2D eigenvalue weighted by molar-refractivity contribution is 0.121. The van der Waals surface area contributed by atoms with E-state index in [9.17, 15) is 4.79 Å². The summed E-state index contributed by atoms with van der Waals surface area (Å²) in [5, 5.41) is 0.582. The van der Waals surface area contributed by atoms with Gasteiger partial charge in [-0.25, -0.2) is 0 Å². The SMILES string of the molecule is CN1CCN(CCOc2ccc3c(=O)cc(N4CCOCC4)oc3c2)CC1. The number of anilines is 1. The maximum atomic E-state index is 12.4. The van der Waals surface area contributed by atoms with Crippen molar-refractivity contribution in [2.75, 3.05) is 77.6 Å². The van der Waals surface area contributed by atoms with Crippen LogP contribution in [0.25, 0.3) is 11.0 Å². The zero-order valence-electron chi connectivity index (χ0n) is 15.9. The molecule has 2 fully saturated rings. The van der Waals surface area contributed by atoms with Crippen molar-refractivity contribution in [1.29, 1.82) is 0 Å². The highest BCUT2D eigenvalue weighted by molar-refractivity contribution is 5.79. The molecule has 2 aromatic rings. The first kappa shape index (κ1) is 18.3. The molecule has 0 aliphatic carbocycles. The lowest BCUT2D eigenvalue weighted by Gasteiger charge is -2.32. The van der Waals surface area contributed by atoms with E-state index in [1.807, 2.05) is 17.0 Å². The number of hydrogen-bond acceptors (Lipinski definition) is 7. The molecule has 0 atom stereocenters. The third-order valence-corrected chi connectivity index (χ3v) is 5.28. The molecule has 0 unspecified atom stereocenters. The number of hydrogen-bond donors (Lipinski definition) is 0. The Hall–Kier alpha value is -2.09. The van der Waals surface area contributed by atoms with Gasteiger partial charge in [0.15, 0.2) is 11.3 Å². The van der Waals surface area contributed by atoms with Crippen molar-refractivity contribution >= 4 is 16.9 Å². The van der Waals surface area contributed by atoms with Crippen LogP contribution in [0.2, 0.25) is 0 Å². The van der Waals surface area contributed by atoms with Crippen LogP contribution in [-0.2, 0) is 4.74 Å². The summed E-state index contributed by atoms with van der Waals surface area (Å²) in [5.41, 5.74) is 0.544. The molecule has 0 radical (unpaired) electrons. The lowest BCUT2D eigenvalue weighted by Crippen LogP contribution is -2.45. The van der Waals surface area contributed by atoms with Crippen LogP contribution in [0.5, 0.6) is 5.75 Å². The van der Waals surface area contributed by atoms with Gasteiger partial charge in [0.05, 0.1) is 18.6 Å². The number of benzene rings is 1. The Morgan fingerprint density at radius 2 is 1.81 bits per heavy atom. The summed E-state index contributed by atoms with van der Waals surface area (Å²) in [5.74, 6) is 1.34. The smallest absolute Gasteiger partial charge is 0.200 e. The maximum absolute atomic E-state index is 12.4. The van der Waals surface area contributed by atoms with Gasteiger partial charge in [-0.15, -0.1) is 0 Å². The minimum atomic E-state index is -0.0262. The van der Waals surface area contributed by atoms with Gasteiger partial charge in [-0.1, -0.05) is 0 Å². The Morgan fingerprint density at radius 3 is 2.59 bits per heavy atom. The molecule has 0 bridgehead atoms. The molecule has 27 heavy (non-hydrogen) atoms. The van der Waals surface area contributed by atoms with Gasteiger partial charge in [-0.2, -0.15) is 0 Å². The third kappa shape index (κ3) is 4.43. The fourth-order valence-corrected chi connectivity index (χ4v) is 3.52. The van der Waals surface area contributed by atoms with Gasteiger partial charge >= 0.3 is 0 Å². The van der Waals surface area contributed by atoms with Crippen LogP contribution >= 0.6 is 0 Å². The number of nitrogens with zero attached hydrogens (tertiary/aromatic N) is 3. The second kappa shape index (κ2) is 8.29. The highest BCUT2D eigenvalue weighted by atomic mass is 16.5. The molecular weight excluding hydrogens is 346 g/mol. The van der Waals surface area contributed by atoms with Crippen molar-refractivity contribution in [2.24, 2.45) is 0 Å². The Morgan fingerprint density at radius 1 is 1.04 bits per heavy atom. The van der Waals surface area contributed by atoms with Gasteiger partial charge in [0, 0.05) is 57.9 Å². The zero-order chi connectivity index (χ0) is 18.6. The fourth-order valence-electron chi connectivity index (χ4n) is 3.52. The molecule has 2 aliphatic rings. The molecule has 2 saturated heterocycles. The number of fused-ring (bicyclic) bond motifs is 1. The third-order valence-electron chi connectivity index (χ3n) is 5.28. The average molecular weight is 373 g/mol. The summed E-state index contributed by atoms with van der Waals surface area (Å²) < 4.78 is 17.3. The van der Waals surface area contributed by atoms with Crippen LogP contribution in [0.15, 0.2) is 33.5 Å². The van der Waals surface area contributed by atoms with Gasteiger partial charge in [-0.05, 0) is 19.2 Å². The van der Waals surface area contributed by atoms with Gasteiger partial charge < -0.3 is 23.7 Å². The summed E-state index contributed by atoms with van der Waals surface area (Å²) in [7, 11) is 2.15. The Kier molecular flexibility index (Phi) is 5.61. The Labute approximate surface area is 159 Å². The van der Waals surface area contributed by atoms with Crippen molar-refractivity contribution in [3.63, 3.8) is 0 Å². The molecule has 0 amide bonds. The number of rotatable bonds is 5. The predicted octanol–water partition coefficient (Wildman–Crippen LogP) is 1.26. The van der Waals surface area contributed by atoms with Gasteiger partial charge in [0.1, 0.15) is 17.9 Å². The van der Waals surface area contributed by atoms with E-state index in [1.54, 1.807) is 12.1 Å². The summed E-state index contributed by atoms with van der Waals surface area (Å²) >= 11 is 0. The minimum Gasteiger partial charge on any atom is -0.492 e. The molecule has 0 saturated carbocycles. The van der Waals surface area contributed by atoms with Crippen molar-refractivity contribution in [2.45, 2.75) is 0 Å². The largest absolute Gasteiger partial charge is 0.492 e. The number of likely N-dealkylation sites (N-methyl/N-ethyl adjacent to an activating group) is 1. The molecule has 0 N–H and O–H groups in total. The highest BCUT2D eigenvalue weighted by Gasteiger charge is 2.16. The van der Waals surface area contributed by atoms with E-state index < -0.39 is 0 Å². The average Bonchev–Trinajstić information content (AvgIpc) is 2.70. The van der Waals surface area contributed by atoms with E-state index in [1.165, 1.54) is 0 Å². The molecule has 146 valence electrons. The van der Waals surface area contributed by atoms with Crippen LogP contribution in [0.4, 0.5) is 5.88 Å². The molecule has 2 aliphatic heterocycles. The standard InChI is InChI=1S/C20H27N3O4/c1-21-4-6-22(7-5-21)8-13-26-16-2-3-17-18(24)15-20(27-19(17)14-16)23-9-11-25-12-10-23/h2-3,14-15H,4-13H2,1H3.